The summed E-state index contributed by atoms with van der Waals surface area (Å²) in [6.07, 6.45) is 4.04. The highest BCUT2D eigenvalue weighted by Gasteiger charge is 2.20. The molecule has 1 fully saturated rings. The summed E-state index contributed by atoms with van der Waals surface area (Å²) in [5.74, 6) is 1.03. The molecule has 1 unspecified atom stereocenters. The highest BCUT2D eigenvalue weighted by molar-refractivity contribution is 14.1. The van der Waals surface area contributed by atoms with Crippen molar-refractivity contribution in [1.29, 1.82) is 0 Å². The molecule has 27 heavy (non-hydrogen) atoms. The summed E-state index contributed by atoms with van der Waals surface area (Å²) in [5, 5.41) is 0.472. The monoisotopic (exact) mass is 478 g/mol. The molecule has 1 aromatic heterocycles. The van der Waals surface area contributed by atoms with Crippen molar-refractivity contribution in [1.82, 2.24) is 0 Å². The summed E-state index contributed by atoms with van der Waals surface area (Å²) in [6, 6.07) is 13.3. The number of hydrogen-bond donors (Lipinski definition) is 0. The van der Waals surface area contributed by atoms with Gasteiger partial charge >= 0.3 is 0 Å². The second kappa shape index (κ2) is 8.31. The minimum absolute atomic E-state index is 0.0825. The van der Waals surface area contributed by atoms with Crippen LogP contribution in [0.1, 0.15) is 24.8 Å². The molecular weight excluding hydrogens is 459 g/mol. The van der Waals surface area contributed by atoms with E-state index in [4.69, 9.17) is 18.6 Å². The van der Waals surface area contributed by atoms with Crippen molar-refractivity contribution >= 4 is 33.6 Å². The third-order valence-corrected chi connectivity index (χ3v) is 5.17. The third kappa shape index (κ3) is 4.27. The summed E-state index contributed by atoms with van der Waals surface area (Å²) < 4.78 is 23.8. The molecule has 0 saturated carbocycles. The first kappa shape index (κ1) is 18.3. The van der Waals surface area contributed by atoms with Crippen LogP contribution in [0.5, 0.6) is 11.5 Å². The van der Waals surface area contributed by atoms with Gasteiger partial charge in [0.15, 0.2) is 17.8 Å². The Morgan fingerprint density at radius 3 is 2.74 bits per heavy atom. The lowest BCUT2D eigenvalue weighted by molar-refractivity contribution is -0.106. The molecule has 1 aliphatic rings. The molecule has 0 bridgehead atoms. The van der Waals surface area contributed by atoms with Gasteiger partial charge < -0.3 is 18.6 Å². The second-order valence-electron chi connectivity index (χ2n) is 6.40. The van der Waals surface area contributed by atoms with Gasteiger partial charge in [-0.25, -0.2) is 0 Å². The molecule has 3 aromatic rings. The highest BCUT2D eigenvalue weighted by Crippen LogP contribution is 2.34. The Morgan fingerprint density at radius 2 is 1.96 bits per heavy atom. The Kier molecular flexibility index (Phi) is 5.63. The fraction of sp³-hybridized carbons (Fsp3) is 0.286. The zero-order valence-corrected chi connectivity index (χ0v) is 16.8. The SMILES string of the molecule is O=c1c(I)coc2cc(OCc3ccccc3)c(OC3CCCCO3)cc12. The van der Waals surface area contributed by atoms with Crippen molar-refractivity contribution in [2.45, 2.75) is 32.2 Å². The number of rotatable bonds is 5. The van der Waals surface area contributed by atoms with E-state index in [0.717, 1.165) is 24.8 Å². The fourth-order valence-corrected chi connectivity index (χ4v) is 3.42. The normalized spacial score (nSPS) is 17.0. The Morgan fingerprint density at radius 1 is 1.11 bits per heavy atom. The van der Waals surface area contributed by atoms with Gasteiger partial charge in [0.25, 0.3) is 0 Å². The van der Waals surface area contributed by atoms with Gasteiger partial charge in [0.05, 0.1) is 15.6 Å². The van der Waals surface area contributed by atoms with E-state index < -0.39 is 0 Å². The van der Waals surface area contributed by atoms with E-state index in [1.165, 1.54) is 6.26 Å². The molecule has 0 spiro atoms. The number of hydrogen-bond acceptors (Lipinski definition) is 5. The van der Waals surface area contributed by atoms with Gasteiger partial charge in [-0.1, -0.05) is 30.3 Å². The van der Waals surface area contributed by atoms with E-state index in [9.17, 15) is 4.79 Å². The molecule has 2 aromatic carbocycles. The Labute approximate surface area is 170 Å². The highest BCUT2D eigenvalue weighted by atomic mass is 127. The van der Waals surface area contributed by atoms with Crippen molar-refractivity contribution in [3.8, 4) is 11.5 Å². The fourth-order valence-electron chi connectivity index (χ4n) is 3.00. The molecule has 1 atom stereocenters. The lowest BCUT2D eigenvalue weighted by Gasteiger charge is -2.24. The molecule has 1 aliphatic heterocycles. The van der Waals surface area contributed by atoms with Crippen LogP contribution < -0.4 is 14.9 Å². The van der Waals surface area contributed by atoms with E-state index in [-0.39, 0.29) is 11.7 Å². The third-order valence-electron chi connectivity index (χ3n) is 4.43. The maximum atomic E-state index is 12.5. The molecule has 5 nitrogen and oxygen atoms in total. The molecule has 0 radical (unpaired) electrons. The topological polar surface area (TPSA) is 57.9 Å². The van der Waals surface area contributed by atoms with Gasteiger partial charge in [0, 0.05) is 12.5 Å². The van der Waals surface area contributed by atoms with Gasteiger partial charge in [-0.3, -0.25) is 4.79 Å². The summed E-state index contributed by atoms with van der Waals surface area (Å²) in [5.41, 5.74) is 1.43. The Balaban J connectivity index is 1.68. The Hall–Kier alpha value is -2.06. The predicted octanol–water partition coefficient (Wildman–Crippen LogP) is 4.88. The zero-order chi connectivity index (χ0) is 18.6. The van der Waals surface area contributed by atoms with Gasteiger partial charge in [0.1, 0.15) is 18.5 Å². The quantitative estimate of drug-likeness (QED) is 0.490. The van der Waals surface area contributed by atoms with Crippen LogP contribution in [0.25, 0.3) is 11.0 Å². The van der Waals surface area contributed by atoms with Crippen molar-refractivity contribution in [2.24, 2.45) is 0 Å². The molecule has 2 heterocycles. The lowest BCUT2D eigenvalue weighted by atomic mass is 10.2. The van der Waals surface area contributed by atoms with Crippen LogP contribution in [0.3, 0.4) is 0 Å². The van der Waals surface area contributed by atoms with E-state index in [2.05, 4.69) is 0 Å². The summed E-state index contributed by atoms with van der Waals surface area (Å²) in [7, 11) is 0. The van der Waals surface area contributed by atoms with E-state index in [1.54, 1.807) is 12.1 Å². The molecular formula is C21H19IO5. The molecule has 0 N–H and O–H groups in total. The molecule has 1 saturated heterocycles. The maximum Gasteiger partial charge on any atom is 0.206 e. The summed E-state index contributed by atoms with van der Waals surface area (Å²) >= 11 is 1.97. The van der Waals surface area contributed by atoms with Crippen molar-refractivity contribution in [3.63, 3.8) is 0 Å². The Bertz CT molecular complexity index is 977. The van der Waals surface area contributed by atoms with Crippen LogP contribution in [-0.4, -0.2) is 12.9 Å². The summed E-state index contributed by atoms with van der Waals surface area (Å²) in [6.45, 7) is 1.07. The number of benzene rings is 2. The molecule has 0 aliphatic carbocycles. The predicted molar refractivity (Wildman–Crippen MR) is 110 cm³/mol. The van der Waals surface area contributed by atoms with E-state index in [1.807, 2.05) is 52.9 Å². The minimum Gasteiger partial charge on any atom is -0.485 e. The van der Waals surface area contributed by atoms with E-state index >= 15 is 0 Å². The second-order valence-corrected chi connectivity index (χ2v) is 7.56. The molecule has 6 heteroatoms. The van der Waals surface area contributed by atoms with Crippen LogP contribution >= 0.6 is 22.6 Å². The molecule has 140 valence electrons. The average molecular weight is 478 g/mol. The van der Waals surface area contributed by atoms with Crippen LogP contribution in [0.15, 0.2) is 57.9 Å². The van der Waals surface area contributed by atoms with E-state index in [0.29, 0.717) is 39.3 Å². The zero-order valence-electron chi connectivity index (χ0n) is 14.7. The first-order chi connectivity index (χ1) is 13.2. The van der Waals surface area contributed by atoms with Crippen molar-refractivity contribution in [3.05, 3.63) is 68.1 Å². The summed E-state index contributed by atoms with van der Waals surface area (Å²) in [4.78, 5) is 12.5. The first-order valence-corrected chi connectivity index (χ1v) is 9.98. The standard InChI is InChI=1S/C21H19IO5/c22-16-13-26-17-11-18(25-12-14-6-2-1-3-7-14)19(10-15(17)21(16)23)27-20-8-4-5-9-24-20/h1-3,6-7,10-11,13,20H,4-5,8-9,12H2. The van der Waals surface area contributed by atoms with Gasteiger partial charge in [-0.15, -0.1) is 0 Å². The molecule has 4 rings (SSSR count). The number of ether oxygens (including phenoxy) is 3. The van der Waals surface area contributed by atoms with Crippen LogP contribution in [0.2, 0.25) is 0 Å². The molecule has 0 amide bonds. The van der Waals surface area contributed by atoms with Crippen LogP contribution in [0.4, 0.5) is 0 Å². The van der Waals surface area contributed by atoms with Gasteiger partial charge in [-0.05, 0) is 47.1 Å². The largest absolute Gasteiger partial charge is 0.485 e. The average Bonchev–Trinajstić information content (AvgIpc) is 2.71. The van der Waals surface area contributed by atoms with Gasteiger partial charge in [-0.2, -0.15) is 0 Å². The number of fused-ring (bicyclic) bond motifs is 1. The van der Waals surface area contributed by atoms with Crippen LogP contribution in [-0.2, 0) is 11.3 Å². The van der Waals surface area contributed by atoms with Crippen molar-refractivity contribution in [2.75, 3.05) is 6.61 Å². The maximum absolute atomic E-state index is 12.5. The lowest BCUT2D eigenvalue weighted by Crippen LogP contribution is -2.25. The minimum atomic E-state index is -0.329. The van der Waals surface area contributed by atoms with Crippen LogP contribution in [0, 0.1) is 3.57 Å². The first-order valence-electron chi connectivity index (χ1n) is 8.91. The number of halogens is 1. The van der Waals surface area contributed by atoms with Gasteiger partial charge in [0.2, 0.25) is 5.43 Å². The van der Waals surface area contributed by atoms with Crippen molar-refractivity contribution < 1.29 is 18.6 Å². The smallest absolute Gasteiger partial charge is 0.206 e.